The molecule has 4 atom stereocenters. The number of hydrogen-bond acceptors (Lipinski definition) is 17. The first-order chi connectivity index (χ1) is 41.5. The third-order valence-electron chi connectivity index (χ3n) is 15.2. The summed E-state index contributed by atoms with van der Waals surface area (Å²) in [6, 6.07) is 34.9. The van der Waals surface area contributed by atoms with Crippen LogP contribution in [0.15, 0.2) is 156 Å². The van der Waals surface area contributed by atoms with Crippen LogP contribution in [0.5, 0.6) is 0 Å². The Kier molecular flexibility index (Phi) is 19.2. The van der Waals surface area contributed by atoms with Crippen molar-refractivity contribution in [1.29, 1.82) is 0 Å². The molecule has 10 rings (SSSR count). The molecule has 1 N–H and O–H groups in total. The number of nitrogens with zero attached hydrogens (tertiary/aromatic N) is 9. The molecule has 4 aromatic carbocycles. The monoisotopic (exact) mass is 1220 g/mol. The molecule has 87 heavy (non-hydrogen) atoms. The summed E-state index contributed by atoms with van der Waals surface area (Å²) >= 11 is 0. The Labute approximate surface area is 505 Å². The second-order valence-electron chi connectivity index (χ2n) is 22.6. The van der Waals surface area contributed by atoms with Gasteiger partial charge in [-0.2, -0.15) is 0 Å². The van der Waals surface area contributed by atoms with Gasteiger partial charge in [0.1, 0.15) is 35.7 Å². The third kappa shape index (κ3) is 14.8. The topological polar surface area (TPSA) is 264 Å². The zero-order valence-corrected chi connectivity index (χ0v) is 51.1. The lowest BCUT2D eigenvalue weighted by Gasteiger charge is -2.27. The first kappa shape index (κ1) is 62.5. The van der Waals surface area contributed by atoms with Gasteiger partial charge in [-0.3, -0.25) is 14.5 Å². The van der Waals surface area contributed by atoms with Gasteiger partial charge in [0.25, 0.3) is 20.0 Å². The number of likely N-dealkylation sites (tertiary alicyclic amines) is 2. The number of rotatable bonds is 18. The van der Waals surface area contributed by atoms with E-state index in [1.54, 1.807) is 68.1 Å². The highest BCUT2D eigenvalue weighted by molar-refractivity contribution is 7.90. The number of aryl methyl sites for hydroxylation is 2. The molecule has 22 nitrogen and oxygen atoms in total. The number of fused-ring (bicyclic) bond motifs is 2. The predicted molar refractivity (Wildman–Crippen MR) is 326 cm³/mol. The maximum Gasteiger partial charge on any atom is 0.416 e. The lowest BCUT2D eigenvalue weighted by molar-refractivity contribution is -0.122. The molecule has 2 aliphatic heterocycles. The summed E-state index contributed by atoms with van der Waals surface area (Å²) in [7, 11) is -7.80. The summed E-state index contributed by atoms with van der Waals surface area (Å²) in [5.41, 5.74) is 3.61. The maximum atomic E-state index is 13.8. The minimum Gasteiger partial charge on any atom is -0.445 e. The molecule has 0 radical (unpaired) electrons. The van der Waals surface area contributed by atoms with E-state index >= 15 is 0 Å². The summed E-state index contributed by atoms with van der Waals surface area (Å²) in [5, 5.41) is 3.02. The fourth-order valence-electron chi connectivity index (χ4n) is 10.4. The molecule has 8 aromatic rings. The molecule has 3 amide bonds. The SMILES string of the molecule is CC[C@@H]1CN(C(=O)OCc2ccccc2)C[C@@H]1C(=O)CN(C(=O)OC(C)(C)C)c1cnc2c(ccn2S(=O)(=O)c2ccc(C)cc2)n1.CC[C@@H]1CN(C(=O)OCc2ccccc2)C[C@@H]1C(=O)CNc1cnc2c(ccn2S(=O)(=O)c2ccc(C)cc2)n1. The Morgan fingerprint density at radius 1 is 0.586 bits per heavy atom. The number of carbonyl (C=O) groups excluding carboxylic acids is 5. The average molecular weight is 1220 g/mol. The number of nitrogens with one attached hydrogen (secondary N) is 1. The van der Waals surface area contributed by atoms with Crippen LogP contribution in [0.2, 0.25) is 0 Å². The van der Waals surface area contributed by atoms with Crippen molar-refractivity contribution in [3.63, 3.8) is 0 Å². The van der Waals surface area contributed by atoms with Crippen molar-refractivity contribution in [3.05, 3.63) is 168 Å². The molecule has 2 saturated heterocycles. The number of amides is 3. The van der Waals surface area contributed by atoms with Crippen LogP contribution in [0.1, 0.15) is 69.7 Å². The lowest BCUT2D eigenvalue weighted by atomic mass is 9.90. The number of ketones is 2. The molecule has 2 fully saturated rings. The van der Waals surface area contributed by atoms with Gasteiger partial charge in [0.05, 0.1) is 35.3 Å². The highest BCUT2D eigenvalue weighted by Crippen LogP contribution is 2.31. The van der Waals surface area contributed by atoms with Gasteiger partial charge in [-0.25, -0.2) is 59.1 Å². The van der Waals surface area contributed by atoms with Gasteiger partial charge in [0.2, 0.25) is 0 Å². The van der Waals surface area contributed by atoms with Crippen molar-refractivity contribution in [1.82, 2.24) is 37.7 Å². The minimum absolute atomic E-state index is 0.0105. The van der Waals surface area contributed by atoms with E-state index in [1.807, 2.05) is 88.4 Å². The second kappa shape index (κ2) is 26.7. The van der Waals surface area contributed by atoms with Crippen LogP contribution in [0.25, 0.3) is 22.3 Å². The minimum atomic E-state index is -3.97. The second-order valence-corrected chi connectivity index (χ2v) is 26.2. The maximum absolute atomic E-state index is 13.8. The predicted octanol–water partition coefficient (Wildman–Crippen LogP) is 9.83. The molecule has 4 aromatic heterocycles. The first-order valence-electron chi connectivity index (χ1n) is 28.6. The van der Waals surface area contributed by atoms with Crippen LogP contribution < -0.4 is 10.2 Å². The van der Waals surface area contributed by atoms with Gasteiger partial charge in [-0.15, -0.1) is 0 Å². The molecule has 6 heterocycles. The molecule has 2 aliphatic rings. The lowest BCUT2D eigenvalue weighted by Crippen LogP contribution is -2.43. The van der Waals surface area contributed by atoms with E-state index < -0.39 is 49.8 Å². The summed E-state index contributed by atoms with van der Waals surface area (Å²) in [5.74, 6) is -0.901. The van der Waals surface area contributed by atoms with Crippen LogP contribution >= 0.6 is 0 Å². The normalized spacial score (nSPS) is 16.9. The molecule has 456 valence electrons. The summed E-state index contributed by atoms with van der Waals surface area (Å²) in [6.45, 7) is 14.0. The number of benzene rings is 4. The van der Waals surface area contributed by atoms with Gasteiger partial charge in [-0.05, 0) is 94.0 Å². The van der Waals surface area contributed by atoms with Gasteiger partial charge in [0.15, 0.2) is 28.7 Å². The summed E-state index contributed by atoms with van der Waals surface area (Å²) < 4.78 is 71.7. The Balaban J connectivity index is 0.000000210. The van der Waals surface area contributed by atoms with E-state index in [-0.39, 0.29) is 94.6 Å². The molecule has 0 saturated carbocycles. The Morgan fingerprint density at radius 2 is 1.03 bits per heavy atom. The van der Waals surface area contributed by atoms with Gasteiger partial charge in [0, 0.05) is 50.4 Å². The standard InChI is InChI=1S/C34H39N5O7S.C29H31N5O5S/c1-6-25-19-37(32(41)45-22-24-10-8-7-9-11-24)20-27(25)29(40)21-38(33(42)46-34(3,4)5)30-18-35-31-28(36-30)16-17-39(31)47(43,44)26-14-12-23(2)13-15-26;1-3-22-17-33(29(36)39-19-21-7-5-4-6-8-21)18-24(22)26(35)15-30-27-16-31-28-25(32-27)13-14-34(28)40(37,38)23-11-9-20(2)10-12-23/h7-18,25,27H,6,19-22H2,1-5H3;4-14,16,22,24H,3,15,17-19H2,1-2H3,(H,30,32)/t25-,27+;22-,24+/m11/s1. The van der Waals surface area contributed by atoms with Crippen molar-refractivity contribution in [2.45, 2.75) is 89.9 Å². The number of ether oxygens (including phenoxy) is 3. The highest BCUT2D eigenvalue weighted by Gasteiger charge is 2.42. The van der Waals surface area contributed by atoms with Crippen molar-refractivity contribution >= 4 is 83.9 Å². The fraction of sp³-hybridized carbons (Fsp3) is 0.349. The highest BCUT2D eigenvalue weighted by atomic mass is 32.2. The van der Waals surface area contributed by atoms with E-state index in [0.717, 1.165) is 41.5 Å². The van der Waals surface area contributed by atoms with Crippen LogP contribution in [-0.2, 0) is 57.1 Å². The van der Waals surface area contributed by atoms with E-state index in [4.69, 9.17) is 14.2 Å². The quantitative estimate of drug-likeness (QED) is 0.0783. The van der Waals surface area contributed by atoms with Crippen molar-refractivity contribution in [3.8, 4) is 0 Å². The number of aromatic nitrogens is 6. The summed E-state index contributed by atoms with van der Waals surface area (Å²) in [4.78, 5) is 88.1. The number of carbonyl (C=O) groups is 5. The molecule has 24 heteroatoms. The number of anilines is 2. The van der Waals surface area contributed by atoms with E-state index in [9.17, 15) is 40.8 Å². The van der Waals surface area contributed by atoms with Gasteiger partial charge < -0.3 is 29.3 Å². The van der Waals surface area contributed by atoms with E-state index in [1.165, 1.54) is 47.9 Å². The first-order valence-corrected chi connectivity index (χ1v) is 31.4. The Morgan fingerprint density at radius 3 is 1.49 bits per heavy atom. The van der Waals surface area contributed by atoms with Crippen LogP contribution in [0.3, 0.4) is 0 Å². The van der Waals surface area contributed by atoms with E-state index in [0.29, 0.717) is 37.4 Å². The van der Waals surface area contributed by atoms with Crippen LogP contribution in [-0.4, -0.2) is 129 Å². The van der Waals surface area contributed by atoms with Crippen molar-refractivity contribution in [2.75, 3.05) is 49.5 Å². The average Bonchev–Trinajstić information content (AvgIpc) is 1.84. The largest absolute Gasteiger partial charge is 0.445 e. The van der Waals surface area contributed by atoms with Crippen LogP contribution in [0, 0.1) is 37.5 Å². The van der Waals surface area contributed by atoms with Crippen molar-refractivity contribution in [2.24, 2.45) is 23.7 Å². The Hall–Kier alpha value is -9.03. The molecule has 0 bridgehead atoms. The molecule has 0 unspecified atom stereocenters. The zero-order valence-electron chi connectivity index (χ0n) is 49.5. The van der Waals surface area contributed by atoms with E-state index in [2.05, 4.69) is 25.3 Å². The molecular formula is C63H70N10O12S2. The van der Waals surface area contributed by atoms with Crippen LogP contribution in [0.4, 0.5) is 26.0 Å². The van der Waals surface area contributed by atoms with Crippen molar-refractivity contribution < 1.29 is 55.0 Å². The zero-order chi connectivity index (χ0) is 62.2. The number of hydrogen-bond donors (Lipinski definition) is 1. The van der Waals surface area contributed by atoms with Gasteiger partial charge >= 0.3 is 18.3 Å². The third-order valence-corrected chi connectivity index (χ3v) is 18.5. The van der Waals surface area contributed by atoms with Gasteiger partial charge in [-0.1, -0.05) is 123 Å². The smallest absolute Gasteiger partial charge is 0.416 e. The summed E-state index contributed by atoms with van der Waals surface area (Å²) in [6.07, 6.45) is 5.09. The Bertz CT molecular complexity index is 4010. The molecule has 0 spiro atoms. The molecular weight excluding hydrogens is 1150 g/mol. The number of Topliss-reactive ketones (excluding diaryl/α,β-unsaturated/α-hetero) is 2. The fourth-order valence-corrected chi connectivity index (χ4v) is 13.0. The molecule has 0 aliphatic carbocycles.